The average molecular weight is 344 g/mol. The molecule has 2 atom stereocenters. The van der Waals surface area contributed by atoms with E-state index in [0.29, 0.717) is 5.88 Å². The van der Waals surface area contributed by atoms with Gasteiger partial charge in [0.1, 0.15) is 5.78 Å². The van der Waals surface area contributed by atoms with E-state index in [-0.39, 0.29) is 22.0 Å². The summed E-state index contributed by atoms with van der Waals surface area (Å²) < 4.78 is 23.2. The summed E-state index contributed by atoms with van der Waals surface area (Å²) in [6.45, 7) is 8.54. The number of hydrogen-bond donors (Lipinski definition) is 1. The summed E-state index contributed by atoms with van der Waals surface area (Å²) in [5, 5.41) is 3.68. The Morgan fingerprint density at radius 1 is 1.40 bits per heavy atom. The molecule has 0 unspecified atom stereocenters. The first-order valence-electron chi connectivity index (χ1n) is 6.78. The molecule has 120 valence electrons. The number of nitrogens with one attached hydrogen (secondary N) is 1. The number of halogens is 1. The van der Waals surface area contributed by atoms with Crippen molar-refractivity contribution in [2.45, 2.75) is 45.3 Å². The summed E-state index contributed by atoms with van der Waals surface area (Å²) >= 11 is 7.76. The van der Waals surface area contributed by atoms with Crippen molar-refractivity contribution in [2.75, 3.05) is 25.9 Å². The van der Waals surface area contributed by atoms with Gasteiger partial charge < -0.3 is 9.05 Å². The summed E-state index contributed by atoms with van der Waals surface area (Å²) in [4.78, 5) is 0. The third-order valence-corrected chi connectivity index (χ3v) is 8.65. The molecule has 1 saturated heterocycles. The molecule has 0 aromatic rings. The second-order valence-electron chi connectivity index (χ2n) is 6.58. The Hall–Kier alpha value is 0.750. The normalized spacial score (nSPS) is 27.6. The highest BCUT2D eigenvalue weighted by Gasteiger charge is 2.50. The molecule has 0 aromatic heterocycles. The molecule has 0 bridgehead atoms. The van der Waals surface area contributed by atoms with Gasteiger partial charge in [-0.25, -0.2) is 0 Å². The number of rotatable bonds is 6. The summed E-state index contributed by atoms with van der Waals surface area (Å²) in [5.41, 5.74) is -0.146. The minimum atomic E-state index is -3.16. The maximum absolute atomic E-state index is 12.8. The van der Waals surface area contributed by atoms with Crippen LogP contribution in [0, 0.1) is 10.8 Å². The summed E-state index contributed by atoms with van der Waals surface area (Å²) in [6, 6.07) is 0. The summed E-state index contributed by atoms with van der Waals surface area (Å²) in [7, 11) is -0.267. The quantitative estimate of drug-likeness (QED) is 0.580. The highest BCUT2D eigenvalue weighted by Crippen LogP contribution is 2.59. The van der Waals surface area contributed by atoms with Gasteiger partial charge >= 0.3 is 7.60 Å². The topological polar surface area (TPSA) is 47.6 Å². The molecular weight excluding hydrogens is 317 g/mol. The van der Waals surface area contributed by atoms with Crippen molar-refractivity contribution in [3.63, 3.8) is 0 Å². The maximum atomic E-state index is 12.8. The molecule has 1 rings (SSSR count). The van der Waals surface area contributed by atoms with E-state index < -0.39 is 7.60 Å². The van der Waals surface area contributed by atoms with Crippen LogP contribution in [0.5, 0.6) is 0 Å². The van der Waals surface area contributed by atoms with Crippen LogP contribution in [0.25, 0.3) is 0 Å². The van der Waals surface area contributed by atoms with Gasteiger partial charge in [-0.1, -0.05) is 27.7 Å². The molecule has 20 heavy (non-hydrogen) atoms. The van der Waals surface area contributed by atoms with E-state index in [1.807, 2.05) is 11.8 Å². The molecule has 0 saturated carbocycles. The highest BCUT2D eigenvalue weighted by molar-refractivity contribution is 8.00. The fourth-order valence-corrected chi connectivity index (χ4v) is 6.55. The van der Waals surface area contributed by atoms with Gasteiger partial charge in [-0.05, 0) is 11.8 Å². The second kappa shape index (κ2) is 6.89. The van der Waals surface area contributed by atoms with E-state index in [1.54, 1.807) is 0 Å². The van der Waals surface area contributed by atoms with Crippen molar-refractivity contribution in [3.8, 4) is 0 Å². The Balaban J connectivity index is 3.00. The number of thioether (sulfide) groups is 1. The van der Waals surface area contributed by atoms with Gasteiger partial charge in [-0.3, -0.25) is 9.88 Å². The fraction of sp³-hybridized carbons (Fsp3) is 1.00. The molecule has 4 nitrogen and oxygen atoms in total. The third-order valence-electron chi connectivity index (χ3n) is 3.95. The first-order valence-corrected chi connectivity index (χ1v) is 9.97. The first kappa shape index (κ1) is 18.8. The lowest BCUT2D eigenvalue weighted by atomic mass is 9.88. The Kier molecular flexibility index (Phi) is 6.47. The van der Waals surface area contributed by atoms with Gasteiger partial charge in [-0.15, -0.1) is 23.4 Å². The Labute approximate surface area is 132 Å². The zero-order valence-corrected chi connectivity index (χ0v) is 15.7. The van der Waals surface area contributed by atoms with E-state index in [9.17, 15) is 4.57 Å². The average Bonchev–Trinajstić information content (AvgIpc) is 2.37. The molecule has 7 heteroatoms. The van der Waals surface area contributed by atoms with Gasteiger partial charge in [0.15, 0.2) is 0 Å². The fourth-order valence-electron chi connectivity index (χ4n) is 2.42. The smallest absolute Gasteiger partial charge is 0.311 e. The molecule has 1 aliphatic heterocycles. The molecular formula is C13H27ClNO3PS. The minimum absolute atomic E-state index is 0.0213. The lowest BCUT2D eigenvalue weighted by Gasteiger charge is -2.48. The van der Waals surface area contributed by atoms with E-state index in [2.05, 4.69) is 33.0 Å². The predicted molar refractivity (Wildman–Crippen MR) is 87.7 cm³/mol. The molecule has 1 heterocycles. The standard InChI is InChI=1S/C13H27ClNO3PS/c1-12(2,7-8-14)11-15-10(13(3,4)9-20-11)19(16,17-5)18-6/h10-11,15H,7-9H2,1-6H3/t10-,11-/m1/s1. The SMILES string of the molecule is COP(=O)(OC)[C@H]1N[C@@H](C(C)(C)CCCl)SCC1(C)C. The van der Waals surface area contributed by atoms with Crippen LogP contribution in [0.4, 0.5) is 0 Å². The number of hydrogen-bond acceptors (Lipinski definition) is 5. The van der Waals surface area contributed by atoms with Crippen molar-refractivity contribution in [1.82, 2.24) is 5.32 Å². The van der Waals surface area contributed by atoms with E-state index in [0.717, 1.165) is 12.2 Å². The molecule has 1 fully saturated rings. The van der Waals surface area contributed by atoms with Crippen molar-refractivity contribution in [3.05, 3.63) is 0 Å². The minimum Gasteiger partial charge on any atom is -0.311 e. The lowest BCUT2D eigenvalue weighted by Crippen LogP contribution is -2.56. The zero-order valence-electron chi connectivity index (χ0n) is 13.2. The van der Waals surface area contributed by atoms with E-state index in [4.69, 9.17) is 20.6 Å². The van der Waals surface area contributed by atoms with Crippen LogP contribution < -0.4 is 5.32 Å². The van der Waals surface area contributed by atoms with Crippen LogP contribution in [0.15, 0.2) is 0 Å². The Bertz CT molecular complexity index is 371. The largest absolute Gasteiger partial charge is 0.347 e. The van der Waals surface area contributed by atoms with Crippen LogP contribution in [0.3, 0.4) is 0 Å². The summed E-state index contributed by atoms with van der Waals surface area (Å²) in [6.07, 6.45) is 0.899. The van der Waals surface area contributed by atoms with Crippen LogP contribution >= 0.6 is 31.0 Å². The second-order valence-corrected chi connectivity index (χ2v) is 10.4. The highest BCUT2D eigenvalue weighted by atomic mass is 35.5. The van der Waals surface area contributed by atoms with Crippen molar-refractivity contribution in [2.24, 2.45) is 10.8 Å². The van der Waals surface area contributed by atoms with Crippen molar-refractivity contribution in [1.29, 1.82) is 0 Å². The molecule has 0 spiro atoms. The predicted octanol–water partition coefficient (Wildman–Crippen LogP) is 4.14. The van der Waals surface area contributed by atoms with E-state index in [1.165, 1.54) is 14.2 Å². The summed E-state index contributed by atoms with van der Waals surface area (Å²) in [5.74, 6) is 1.20. The van der Waals surface area contributed by atoms with Crippen LogP contribution in [-0.2, 0) is 13.6 Å². The van der Waals surface area contributed by atoms with E-state index >= 15 is 0 Å². The van der Waals surface area contributed by atoms with Gasteiger partial charge in [0.05, 0.1) is 5.37 Å². The monoisotopic (exact) mass is 343 g/mol. The lowest BCUT2D eigenvalue weighted by molar-refractivity contribution is 0.191. The van der Waals surface area contributed by atoms with Crippen molar-refractivity contribution < 1.29 is 13.6 Å². The van der Waals surface area contributed by atoms with Gasteiger partial charge in [0.2, 0.25) is 0 Å². The third kappa shape index (κ3) is 3.93. The molecule has 1 aliphatic rings. The zero-order chi connectivity index (χ0) is 15.6. The van der Waals surface area contributed by atoms with Crippen LogP contribution in [0.2, 0.25) is 0 Å². The maximum Gasteiger partial charge on any atom is 0.347 e. The molecule has 1 N–H and O–H groups in total. The van der Waals surface area contributed by atoms with Crippen LogP contribution in [0.1, 0.15) is 34.1 Å². The first-order chi connectivity index (χ1) is 9.13. The molecule has 0 aliphatic carbocycles. The Morgan fingerprint density at radius 3 is 2.40 bits per heavy atom. The van der Waals surface area contributed by atoms with Gasteiger partial charge in [0, 0.05) is 31.3 Å². The Morgan fingerprint density at radius 2 is 1.95 bits per heavy atom. The van der Waals surface area contributed by atoms with Gasteiger partial charge in [0.25, 0.3) is 0 Å². The van der Waals surface area contributed by atoms with Crippen LogP contribution in [-0.4, -0.2) is 37.0 Å². The molecule has 0 radical (unpaired) electrons. The molecule has 0 aromatic carbocycles. The number of alkyl halides is 1. The van der Waals surface area contributed by atoms with Crippen molar-refractivity contribution >= 4 is 31.0 Å². The van der Waals surface area contributed by atoms with Gasteiger partial charge in [-0.2, -0.15) is 0 Å². The molecule has 0 amide bonds.